The second kappa shape index (κ2) is 8.58. The van der Waals surface area contributed by atoms with E-state index in [0.29, 0.717) is 0 Å². The Morgan fingerprint density at radius 1 is 1.17 bits per heavy atom. The summed E-state index contributed by atoms with van der Waals surface area (Å²) in [6.45, 7) is -0.937. The lowest BCUT2D eigenvalue weighted by atomic mass is 10.8. The summed E-state index contributed by atoms with van der Waals surface area (Å²) >= 11 is 7.09. The Bertz CT molecular complexity index is 378. The highest BCUT2D eigenvalue weighted by atomic mass is 32.2. The number of esters is 1. The summed E-state index contributed by atoms with van der Waals surface area (Å²) in [4.78, 5) is 21.7. The zero-order chi connectivity index (χ0) is 14.2. The number of rotatable bonds is 8. The molecule has 0 heterocycles. The fraction of sp³-hybridized carbons (Fsp3) is 0.714. The monoisotopic (exact) mass is 320 g/mol. The second-order valence-corrected chi connectivity index (χ2v) is 4.81. The van der Waals surface area contributed by atoms with E-state index in [0.717, 1.165) is 0 Å². The number of ether oxygens (including phenoxy) is 2. The van der Waals surface area contributed by atoms with E-state index in [1.165, 1.54) is 0 Å². The van der Waals surface area contributed by atoms with Gasteiger partial charge in [0, 0.05) is 0 Å². The molecule has 0 bridgehead atoms. The van der Waals surface area contributed by atoms with E-state index in [-0.39, 0.29) is 0 Å². The lowest BCUT2D eigenvalue weighted by Gasteiger charge is -2.16. The minimum Gasteiger partial charge on any atom is -0.417 e. The average Bonchev–Trinajstić information content (AvgIpc) is 2.32. The molecule has 0 aliphatic rings. The van der Waals surface area contributed by atoms with Crippen molar-refractivity contribution in [2.75, 3.05) is 24.7 Å². The van der Waals surface area contributed by atoms with Crippen molar-refractivity contribution in [1.29, 1.82) is 0 Å². The van der Waals surface area contributed by atoms with Crippen LogP contribution in [-0.4, -0.2) is 55.8 Å². The molecule has 0 amide bonds. The van der Waals surface area contributed by atoms with Gasteiger partial charge in [-0.25, -0.2) is 0 Å². The van der Waals surface area contributed by atoms with Crippen LogP contribution in [0.15, 0.2) is 0 Å². The van der Waals surface area contributed by atoms with E-state index in [2.05, 4.69) is 38.9 Å². The lowest BCUT2D eigenvalue weighted by molar-refractivity contribution is -0.162. The molecule has 11 heteroatoms. The van der Waals surface area contributed by atoms with Crippen LogP contribution in [0, 0.1) is 0 Å². The van der Waals surface area contributed by atoms with Crippen LogP contribution in [0.4, 0.5) is 0 Å². The van der Waals surface area contributed by atoms with Gasteiger partial charge in [0.1, 0.15) is 0 Å². The normalized spacial score (nSPS) is 12.8. The number of hydrogen-bond acceptors (Lipinski definition) is 10. The molecular weight excluding hydrogens is 308 g/mol. The van der Waals surface area contributed by atoms with Crippen LogP contribution in [0.2, 0.25) is 0 Å². The van der Waals surface area contributed by atoms with Crippen molar-refractivity contribution in [3.8, 4) is 0 Å². The third kappa shape index (κ3) is 6.44. The Balaban J connectivity index is 4.81. The van der Waals surface area contributed by atoms with Crippen LogP contribution < -0.4 is 0 Å². The molecule has 0 aromatic carbocycles. The van der Waals surface area contributed by atoms with E-state index in [1.807, 2.05) is 0 Å². The molecule has 0 aliphatic carbocycles. The predicted octanol–water partition coefficient (Wildman–Crippen LogP) is -1.45. The summed E-state index contributed by atoms with van der Waals surface area (Å²) in [5.41, 5.74) is -2.15. The lowest BCUT2D eigenvalue weighted by Crippen LogP contribution is -2.34. The fourth-order valence-electron chi connectivity index (χ4n) is 0.665. The molecule has 1 unspecified atom stereocenters. The third-order valence-corrected chi connectivity index (χ3v) is 2.91. The molecule has 18 heavy (non-hydrogen) atoms. The Labute approximate surface area is 115 Å². The van der Waals surface area contributed by atoms with Crippen LogP contribution in [0.1, 0.15) is 0 Å². The smallest absolute Gasteiger partial charge is 0.378 e. The molecule has 0 fully saturated rings. The molecule has 8 nitrogen and oxygen atoms in total. The van der Waals surface area contributed by atoms with Gasteiger partial charge in [0.25, 0.3) is 0 Å². The maximum atomic E-state index is 11.5. The first-order valence-corrected chi connectivity index (χ1v) is 7.20. The molecule has 0 aliphatic heterocycles. The minimum atomic E-state index is -4.62. The molecular formula is C7H12O8S3. The number of carbonyl (C=O) groups is 2. The number of aliphatic hydroxyl groups excluding tert-OH is 1. The van der Waals surface area contributed by atoms with Crippen LogP contribution in [-0.2, 0) is 33.4 Å². The van der Waals surface area contributed by atoms with Crippen molar-refractivity contribution in [3.63, 3.8) is 0 Å². The van der Waals surface area contributed by atoms with E-state index in [4.69, 9.17) is 5.11 Å². The molecule has 0 aromatic rings. The standard InChI is InChI=1S/C7H12O8S3/c8-1-2-13-7(14-5(9)3-16)18(11,12)15-6(10)4-17/h7-8,16-17H,1-4H2. The van der Waals surface area contributed by atoms with Crippen molar-refractivity contribution >= 4 is 47.3 Å². The quantitative estimate of drug-likeness (QED) is 0.215. The highest BCUT2D eigenvalue weighted by molar-refractivity contribution is 7.87. The minimum absolute atomic E-state index is 0.394. The summed E-state index contributed by atoms with van der Waals surface area (Å²) in [5, 5.41) is 8.50. The molecule has 0 aromatic heterocycles. The van der Waals surface area contributed by atoms with Gasteiger partial charge in [-0.2, -0.15) is 33.7 Å². The van der Waals surface area contributed by atoms with E-state index < -0.39 is 52.4 Å². The molecule has 0 saturated heterocycles. The van der Waals surface area contributed by atoms with Gasteiger partial charge in [-0.15, -0.1) is 0 Å². The van der Waals surface area contributed by atoms with E-state index in [9.17, 15) is 18.0 Å². The van der Waals surface area contributed by atoms with Gasteiger partial charge in [-0.3, -0.25) is 9.59 Å². The summed E-state index contributed by atoms with van der Waals surface area (Å²) in [7, 11) is -4.62. The SMILES string of the molecule is O=C(CS)OC(OCCO)S(=O)(=O)OC(=O)CS. The fourth-order valence-corrected chi connectivity index (χ4v) is 1.78. The molecule has 1 N–H and O–H groups in total. The van der Waals surface area contributed by atoms with E-state index >= 15 is 0 Å². The second-order valence-electron chi connectivity index (χ2n) is 2.64. The summed E-state index contributed by atoms with van der Waals surface area (Å²) in [5.74, 6) is -3.02. The van der Waals surface area contributed by atoms with Gasteiger partial charge in [-0.1, -0.05) is 0 Å². The van der Waals surface area contributed by atoms with Crippen molar-refractivity contribution in [1.82, 2.24) is 0 Å². The molecule has 0 saturated carbocycles. The van der Waals surface area contributed by atoms with Gasteiger partial charge in [0.15, 0.2) is 0 Å². The maximum absolute atomic E-state index is 11.5. The first-order valence-electron chi connectivity index (χ1n) is 4.47. The Hall–Kier alpha value is -0.490. The van der Waals surface area contributed by atoms with Crippen LogP contribution in [0.3, 0.4) is 0 Å². The molecule has 0 radical (unpaired) electrons. The van der Waals surface area contributed by atoms with Crippen LogP contribution in [0.25, 0.3) is 0 Å². The van der Waals surface area contributed by atoms with Gasteiger partial charge in [0.2, 0.25) is 0 Å². The number of hydrogen-bond donors (Lipinski definition) is 3. The Kier molecular flexibility index (Phi) is 8.35. The van der Waals surface area contributed by atoms with Crippen LogP contribution >= 0.6 is 25.3 Å². The molecule has 1 atom stereocenters. The van der Waals surface area contributed by atoms with E-state index in [1.54, 1.807) is 0 Å². The van der Waals surface area contributed by atoms with Gasteiger partial charge >= 0.3 is 27.7 Å². The highest BCUT2D eigenvalue weighted by Gasteiger charge is 2.33. The summed E-state index contributed by atoms with van der Waals surface area (Å²) in [6.07, 6.45) is 0. The largest absolute Gasteiger partial charge is 0.417 e. The maximum Gasteiger partial charge on any atom is 0.378 e. The first kappa shape index (κ1) is 17.5. The van der Waals surface area contributed by atoms with Gasteiger partial charge in [0.05, 0.1) is 24.7 Å². The van der Waals surface area contributed by atoms with Crippen molar-refractivity contribution in [2.24, 2.45) is 0 Å². The number of carbonyl (C=O) groups excluding carboxylic acids is 2. The summed E-state index contributed by atoms with van der Waals surface area (Å²) < 4.78 is 35.9. The Morgan fingerprint density at radius 3 is 2.17 bits per heavy atom. The van der Waals surface area contributed by atoms with Gasteiger partial charge < -0.3 is 18.8 Å². The average molecular weight is 320 g/mol. The molecule has 106 valence electrons. The zero-order valence-electron chi connectivity index (χ0n) is 9.01. The number of thiol groups is 2. The topological polar surface area (TPSA) is 116 Å². The Morgan fingerprint density at radius 2 is 1.72 bits per heavy atom. The first-order chi connectivity index (χ1) is 8.37. The summed E-state index contributed by atoms with van der Waals surface area (Å²) in [6, 6.07) is 0. The third-order valence-electron chi connectivity index (χ3n) is 1.28. The zero-order valence-corrected chi connectivity index (χ0v) is 11.6. The van der Waals surface area contributed by atoms with Crippen molar-refractivity contribution in [2.45, 2.75) is 5.62 Å². The molecule has 0 spiro atoms. The van der Waals surface area contributed by atoms with Crippen molar-refractivity contribution in [3.05, 3.63) is 0 Å². The predicted molar refractivity (Wildman–Crippen MR) is 65.6 cm³/mol. The van der Waals surface area contributed by atoms with Gasteiger partial charge in [-0.05, 0) is 0 Å². The molecule has 0 rings (SSSR count). The highest BCUT2D eigenvalue weighted by Crippen LogP contribution is 2.10. The van der Waals surface area contributed by atoms with Crippen LogP contribution in [0.5, 0.6) is 0 Å². The van der Waals surface area contributed by atoms with Crippen molar-refractivity contribution < 1.29 is 36.8 Å². The number of aliphatic hydroxyl groups is 1.